The van der Waals surface area contributed by atoms with Gasteiger partial charge in [0.05, 0.1) is 29.3 Å². The van der Waals surface area contributed by atoms with Crippen molar-refractivity contribution in [3.8, 4) is 0 Å². The van der Waals surface area contributed by atoms with E-state index in [1.165, 1.54) is 11.8 Å². The largest absolute Gasteiger partial charge is 0.376 e. The molecule has 1 aromatic carbocycles. The molecule has 1 aliphatic rings. The lowest BCUT2D eigenvalue weighted by molar-refractivity contribution is -0.120. The highest BCUT2D eigenvalue weighted by Gasteiger charge is 2.27. The minimum Gasteiger partial charge on any atom is -0.376 e. The Morgan fingerprint density at radius 1 is 1.27 bits per heavy atom. The number of thioether (sulfide) groups is 1. The van der Waals surface area contributed by atoms with Crippen LogP contribution in [0, 0.1) is 5.41 Å². The summed E-state index contributed by atoms with van der Waals surface area (Å²) in [7, 11) is 0. The molecule has 2 aromatic rings. The summed E-state index contributed by atoms with van der Waals surface area (Å²) >= 11 is 1.31. The molecule has 1 saturated heterocycles. The van der Waals surface area contributed by atoms with E-state index in [1.54, 1.807) is 10.6 Å². The van der Waals surface area contributed by atoms with Crippen molar-refractivity contribution in [2.45, 2.75) is 77.2 Å². The molecule has 2 heterocycles. The third-order valence-electron chi connectivity index (χ3n) is 5.02. The number of ether oxygens (including phenoxy) is 1. The van der Waals surface area contributed by atoms with E-state index >= 15 is 0 Å². The molecular weight excluding hydrogens is 398 g/mol. The predicted molar refractivity (Wildman–Crippen MR) is 122 cm³/mol. The number of benzene rings is 1. The van der Waals surface area contributed by atoms with E-state index in [9.17, 15) is 9.59 Å². The zero-order valence-corrected chi connectivity index (χ0v) is 19.5. The maximum atomic E-state index is 13.1. The molecule has 1 atom stereocenters. The normalized spacial score (nSPS) is 17.4. The fourth-order valence-electron chi connectivity index (χ4n) is 4.32. The molecule has 0 radical (unpaired) electrons. The molecule has 6 nitrogen and oxygen atoms in total. The minimum absolute atomic E-state index is 0.0181. The van der Waals surface area contributed by atoms with Crippen LogP contribution in [0.25, 0.3) is 10.9 Å². The van der Waals surface area contributed by atoms with Gasteiger partial charge in [-0.1, -0.05) is 44.7 Å². The fraction of sp³-hybridized carbons (Fsp3) is 0.609. The Morgan fingerprint density at radius 2 is 2.00 bits per heavy atom. The summed E-state index contributed by atoms with van der Waals surface area (Å²) in [6.45, 7) is 11.8. The van der Waals surface area contributed by atoms with Gasteiger partial charge in [0.25, 0.3) is 5.56 Å². The Balaban J connectivity index is 1.78. The molecule has 3 rings (SSSR count). The van der Waals surface area contributed by atoms with Crippen LogP contribution in [-0.2, 0) is 16.1 Å². The Hall–Kier alpha value is -1.86. The monoisotopic (exact) mass is 431 g/mol. The second-order valence-corrected chi connectivity index (χ2v) is 10.9. The van der Waals surface area contributed by atoms with Gasteiger partial charge < -0.3 is 10.1 Å². The molecule has 30 heavy (non-hydrogen) atoms. The quantitative estimate of drug-likeness (QED) is 0.530. The zero-order chi connectivity index (χ0) is 21.9. The molecular formula is C23H33N3O3S. The van der Waals surface area contributed by atoms with Crippen molar-refractivity contribution in [2.24, 2.45) is 5.41 Å². The van der Waals surface area contributed by atoms with Crippen molar-refractivity contribution in [3.05, 3.63) is 34.6 Å². The Bertz CT molecular complexity index is 956. The smallest absolute Gasteiger partial charge is 0.262 e. The maximum absolute atomic E-state index is 13.1. The molecule has 0 spiro atoms. The van der Waals surface area contributed by atoms with Gasteiger partial charge in [-0.25, -0.2) is 4.98 Å². The van der Waals surface area contributed by atoms with Gasteiger partial charge in [-0.15, -0.1) is 0 Å². The first kappa shape index (κ1) is 22.8. The summed E-state index contributed by atoms with van der Waals surface area (Å²) in [6, 6.07) is 7.35. The third-order valence-corrected chi connectivity index (χ3v) is 6.00. The number of hydrogen-bond donors (Lipinski definition) is 1. The first-order valence-electron chi connectivity index (χ1n) is 10.6. The van der Waals surface area contributed by atoms with Gasteiger partial charge in [-0.3, -0.25) is 14.2 Å². The van der Waals surface area contributed by atoms with Crippen LogP contribution in [0.3, 0.4) is 0 Å². The molecule has 7 heteroatoms. The molecule has 0 bridgehead atoms. The Labute approximate surface area is 182 Å². The van der Waals surface area contributed by atoms with E-state index in [-0.39, 0.29) is 34.3 Å². The van der Waals surface area contributed by atoms with E-state index in [1.807, 2.05) is 32.0 Å². The number of aromatic nitrogens is 2. The molecule has 1 fully saturated rings. The summed E-state index contributed by atoms with van der Waals surface area (Å²) < 4.78 is 7.42. The summed E-state index contributed by atoms with van der Waals surface area (Å²) in [4.78, 5) is 30.5. The van der Waals surface area contributed by atoms with Crippen molar-refractivity contribution >= 4 is 28.6 Å². The van der Waals surface area contributed by atoms with Crippen LogP contribution in [0.4, 0.5) is 0 Å². The van der Waals surface area contributed by atoms with E-state index in [2.05, 4.69) is 26.1 Å². The number of hydrogen-bond acceptors (Lipinski definition) is 5. The van der Waals surface area contributed by atoms with E-state index in [0.717, 1.165) is 25.9 Å². The molecule has 0 unspecified atom stereocenters. The van der Waals surface area contributed by atoms with Gasteiger partial charge in [-0.2, -0.15) is 0 Å². The number of rotatable bonds is 7. The number of carbonyl (C=O) groups is 1. The van der Waals surface area contributed by atoms with Crippen molar-refractivity contribution in [1.82, 2.24) is 14.9 Å². The van der Waals surface area contributed by atoms with Crippen LogP contribution in [0.5, 0.6) is 0 Å². The van der Waals surface area contributed by atoms with Crippen LogP contribution in [0.15, 0.2) is 34.2 Å². The molecule has 1 aliphatic heterocycles. The highest BCUT2D eigenvalue weighted by molar-refractivity contribution is 7.99. The highest BCUT2D eigenvalue weighted by Crippen LogP contribution is 2.27. The van der Waals surface area contributed by atoms with Crippen molar-refractivity contribution in [1.29, 1.82) is 0 Å². The lowest BCUT2D eigenvalue weighted by Gasteiger charge is -2.33. The van der Waals surface area contributed by atoms with Crippen molar-refractivity contribution in [3.63, 3.8) is 0 Å². The number of amides is 1. The van der Waals surface area contributed by atoms with E-state index in [4.69, 9.17) is 9.72 Å². The van der Waals surface area contributed by atoms with Crippen LogP contribution >= 0.6 is 11.8 Å². The van der Waals surface area contributed by atoms with Gasteiger partial charge in [0, 0.05) is 12.1 Å². The van der Waals surface area contributed by atoms with Gasteiger partial charge in [0.1, 0.15) is 0 Å². The van der Waals surface area contributed by atoms with Gasteiger partial charge in [0.2, 0.25) is 5.91 Å². The highest BCUT2D eigenvalue weighted by atomic mass is 32.2. The topological polar surface area (TPSA) is 73.2 Å². The minimum atomic E-state index is -0.302. The zero-order valence-electron chi connectivity index (χ0n) is 18.7. The summed E-state index contributed by atoms with van der Waals surface area (Å²) in [5.74, 6) is 0.157. The van der Waals surface area contributed by atoms with Gasteiger partial charge in [-0.05, 0) is 50.7 Å². The van der Waals surface area contributed by atoms with Gasteiger partial charge in [0.15, 0.2) is 5.16 Å². The Kier molecular flexibility index (Phi) is 6.92. The van der Waals surface area contributed by atoms with Crippen LogP contribution in [0.2, 0.25) is 0 Å². The third kappa shape index (κ3) is 6.08. The summed E-state index contributed by atoms with van der Waals surface area (Å²) in [5.41, 5.74) is 0.393. The van der Waals surface area contributed by atoms with Crippen molar-refractivity contribution in [2.75, 3.05) is 12.4 Å². The lowest BCUT2D eigenvalue weighted by atomic mass is 9.82. The van der Waals surface area contributed by atoms with Crippen LogP contribution < -0.4 is 10.9 Å². The lowest BCUT2D eigenvalue weighted by Crippen LogP contribution is -2.46. The van der Waals surface area contributed by atoms with E-state index in [0.29, 0.717) is 22.6 Å². The van der Waals surface area contributed by atoms with E-state index < -0.39 is 0 Å². The second kappa shape index (κ2) is 9.10. The first-order valence-corrected chi connectivity index (χ1v) is 11.6. The average Bonchev–Trinajstić information content (AvgIpc) is 3.13. The number of fused-ring (bicyclic) bond motifs is 1. The molecule has 164 valence electrons. The molecule has 1 aromatic heterocycles. The SMILES string of the molecule is CC(C)(C)CC(C)(C)NC(=O)CSc1nc2ccccc2c(=O)n1C[C@H]1CCCO1. The molecule has 0 saturated carbocycles. The average molecular weight is 432 g/mol. The molecule has 1 amide bonds. The second-order valence-electron chi connectivity index (χ2n) is 9.92. The van der Waals surface area contributed by atoms with Crippen LogP contribution in [0.1, 0.15) is 53.9 Å². The number of para-hydroxylation sites is 1. The standard InChI is InChI=1S/C23H33N3O3S/c1-22(2,3)15-23(4,5)25-19(27)14-30-21-24-18-11-7-6-10-17(18)20(28)26(21)13-16-9-8-12-29-16/h6-7,10-11,16H,8-9,12-15H2,1-5H3,(H,25,27)/t16-/m1/s1. The number of nitrogens with zero attached hydrogens (tertiary/aromatic N) is 2. The van der Waals surface area contributed by atoms with Crippen molar-refractivity contribution < 1.29 is 9.53 Å². The first-order chi connectivity index (χ1) is 14.0. The molecule has 0 aliphatic carbocycles. The summed E-state index contributed by atoms with van der Waals surface area (Å²) in [6.07, 6.45) is 2.83. The maximum Gasteiger partial charge on any atom is 0.262 e. The fourth-order valence-corrected chi connectivity index (χ4v) is 5.13. The van der Waals surface area contributed by atoms with Crippen LogP contribution in [-0.4, -0.2) is 39.5 Å². The molecule has 1 N–H and O–H groups in total. The number of nitrogens with one attached hydrogen (secondary N) is 1. The van der Waals surface area contributed by atoms with Gasteiger partial charge >= 0.3 is 0 Å². The summed E-state index contributed by atoms with van der Waals surface area (Å²) in [5, 5.41) is 4.29. The predicted octanol–water partition coefficient (Wildman–Crippen LogP) is 4.00. The number of carbonyl (C=O) groups excluding carboxylic acids is 1. The Morgan fingerprint density at radius 3 is 2.67 bits per heavy atom.